The van der Waals surface area contributed by atoms with Gasteiger partial charge in [0.1, 0.15) is 17.6 Å². The van der Waals surface area contributed by atoms with Crippen molar-refractivity contribution in [2.24, 2.45) is 0 Å². The summed E-state index contributed by atoms with van der Waals surface area (Å²) < 4.78 is 1.79. The molecule has 0 spiro atoms. The summed E-state index contributed by atoms with van der Waals surface area (Å²) >= 11 is 0. The number of hydrogen-bond donors (Lipinski definition) is 0. The van der Waals surface area contributed by atoms with Crippen molar-refractivity contribution in [1.82, 2.24) is 19.5 Å². The Hall–Kier alpha value is -2.44. The van der Waals surface area contributed by atoms with Crippen molar-refractivity contribution in [2.75, 3.05) is 16.8 Å². The van der Waals surface area contributed by atoms with Gasteiger partial charge in [-0.2, -0.15) is 4.98 Å². The number of fused-ring (bicyclic) bond motifs is 3. The second kappa shape index (κ2) is 5.29. The molecule has 2 aromatic heterocycles. The molecule has 1 amide bonds. The van der Waals surface area contributed by atoms with Crippen molar-refractivity contribution in [3.8, 4) is 5.95 Å². The molecule has 2 aliphatic heterocycles. The lowest BCUT2D eigenvalue weighted by Gasteiger charge is -2.47. The van der Waals surface area contributed by atoms with Gasteiger partial charge in [0.2, 0.25) is 5.95 Å². The lowest BCUT2D eigenvalue weighted by atomic mass is 9.89. The Bertz CT molecular complexity index is 773. The standard InChI is InChI=1S/C17H22N6O/c1-4-12-6-7-17(5-2)15(24)21(3)13-10-19-16(20-14(13)23(12)17)22-9-8-18-11-22/h8-12H,4-7H2,1-3H3. The predicted octanol–water partition coefficient (Wildman–Crippen LogP) is 2.17. The van der Waals surface area contributed by atoms with Crippen LogP contribution in [0.3, 0.4) is 0 Å². The van der Waals surface area contributed by atoms with E-state index in [4.69, 9.17) is 4.98 Å². The van der Waals surface area contributed by atoms with Crippen LogP contribution in [0.4, 0.5) is 11.5 Å². The highest BCUT2D eigenvalue weighted by molar-refractivity contribution is 6.07. The van der Waals surface area contributed by atoms with Gasteiger partial charge in [-0.25, -0.2) is 9.97 Å². The Labute approximate surface area is 141 Å². The van der Waals surface area contributed by atoms with E-state index in [1.165, 1.54) is 0 Å². The van der Waals surface area contributed by atoms with E-state index >= 15 is 0 Å². The first kappa shape index (κ1) is 15.1. The molecule has 1 fully saturated rings. The minimum Gasteiger partial charge on any atom is -0.337 e. The van der Waals surface area contributed by atoms with Crippen LogP contribution in [0.2, 0.25) is 0 Å². The maximum atomic E-state index is 13.1. The molecule has 2 aliphatic rings. The fourth-order valence-corrected chi connectivity index (χ4v) is 4.17. The van der Waals surface area contributed by atoms with Crippen LogP contribution in [0.1, 0.15) is 39.5 Å². The van der Waals surface area contributed by atoms with Gasteiger partial charge in [-0.05, 0) is 25.7 Å². The van der Waals surface area contributed by atoms with Gasteiger partial charge in [-0.1, -0.05) is 13.8 Å². The summed E-state index contributed by atoms with van der Waals surface area (Å²) in [6.45, 7) is 4.27. The van der Waals surface area contributed by atoms with Crippen molar-refractivity contribution in [2.45, 2.75) is 51.1 Å². The van der Waals surface area contributed by atoms with Crippen LogP contribution < -0.4 is 9.80 Å². The highest BCUT2D eigenvalue weighted by Gasteiger charge is 2.55. The smallest absolute Gasteiger partial charge is 0.252 e. The SMILES string of the molecule is CCC1CCC2(CC)C(=O)N(C)c3cnc(-n4ccnc4)nc3N12. The molecule has 0 radical (unpaired) electrons. The third-order valence-electron chi connectivity index (χ3n) is 5.54. The zero-order valence-corrected chi connectivity index (χ0v) is 14.3. The largest absolute Gasteiger partial charge is 0.337 e. The molecule has 7 heteroatoms. The number of amides is 1. The fraction of sp³-hybridized carbons (Fsp3) is 0.529. The average molecular weight is 326 g/mol. The van der Waals surface area contributed by atoms with Crippen LogP contribution in [-0.4, -0.2) is 44.1 Å². The number of rotatable bonds is 3. The molecular formula is C17H22N6O. The van der Waals surface area contributed by atoms with E-state index in [1.54, 1.807) is 28.2 Å². The summed E-state index contributed by atoms with van der Waals surface area (Å²) in [5, 5.41) is 0. The first-order valence-electron chi connectivity index (χ1n) is 8.55. The van der Waals surface area contributed by atoms with Gasteiger partial charge in [0.05, 0.1) is 6.20 Å². The number of nitrogens with zero attached hydrogens (tertiary/aromatic N) is 6. The van der Waals surface area contributed by atoms with E-state index in [0.29, 0.717) is 12.0 Å². The Morgan fingerprint density at radius 2 is 2.21 bits per heavy atom. The maximum absolute atomic E-state index is 13.1. The third-order valence-corrected chi connectivity index (χ3v) is 5.54. The molecule has 4 heterocycles. The van der Waals surface area contributed by atoms with Gasteiger partial charge in [-0.15, -0.1) is 0 Å². The third kappa shape index (κ3) is 1.84. The van der Waals surface area contributed by atoms with Crippen LogP contribution in [0, 0.1) is 0 Å². The summed E-state index contributed by atoms with van der Waals surface area (Å²) in [5.74, 6) is 1.61. The molecule has 0 aromatic carbocycles. The van der Waals surface area contributed by atoms with Gasteiger partial charge in [0.15, 0.2) is 5.82 Å². The second-order valence-corrected chi connectivity index (χ2v) is 6.57. The van der Waals surface area contributed by atoms with Gasteiger partial charge in [0, 0.05) is 25.5 Å². The van der Waals surface area contributed by atoms with Gasteiger partial charge in [0.25, 0.3) is 5.91 Å². The van der Waals surface area contributed by atoms with Crippen molar-refractivity contribution < 1.29 is 4.79 Å². The number of imidazole rings is 1. The molecule has 2 aromatic rings. The molecule has 2 atom stereocenters. The quantitative estimate of drug-likeness (QED) is 0.865. The van der Waals surface area contributed by atoms with Crippen molar-refractivity contribution in [3.63, 3.8) is 0 Å². The number of anilines is 2. The molecule has 0 aliphatic carbocycles. The number of hydrogen-bond acceptors (Lipinski definition) is 5. The topological polar surface area (TPSA) is 67.2 Å². The minimum atomic E-state index is -0.469. The summed E-state index contributed by atoms with van der Waals surface area (Å²) in [6.07, 6.45) is 10.7. The van der Waals surface area contributed by atoms with E-state index in [2.05, 4.69) is 28.7 Å². The Balaban J connectivity index is 1.92. The number of likely N-dealkylation sites (N-methyl/N-ethyl adjacent to an activating group) is 1. The van der Waals surface area contributed by atoms with Crippen LogP contribution in [0.5, 0.6) is 0 Å². The van der Waals surface area contributed by atoms with Crippen molar-refractivity contribution in [1.29, 1.82) is 0 Å². The number of carbonyl (C=O) groups is 1. The molecule has 2 unspecified atom stereocenters. The van der Waals surface area contributed by atoms with Crippen molar-refractivity contribution >= 4 is 17.4 Å². The molecule has 7 nitrogen and oxygen atoms in total. The summed E-state index contributed by atoms with van der Waals surface area (Å²) in [5.41, 5.74) is 0.316. The fourth-order valence-electron chi connectivity index (χ4n) is 4.17. The highest BCUT2D eigenvalue weighted by Crippen LogP contribution is 2.48. The summed E-state index contributed by atoms with van der Waals surface area (Å²) in [4.78, 5) is 30.4. The van der Waals surface area contributed by atoms with E-state index in [9.17, 15) is 4.79 Å². The van der Waals surface area contributed by atoms with Crippen molar-refractivity contribution in [3.05, 3.63) is 24.9 Å². The molecule has 0 N–H and O–H groups in total. The number of aromatic nitrogens is 4. The highest BCUT2D eigenvalue weighted by atomic mass is 16.2. The van der Waals surface area contributed by atoms with E-state index in [-0.39, 0.29) is 5.91 Å². The average Bonchev–Trinajstić information content (AvgIpc) is 3.27. The Kier molecular flexibility index (Phi) is 3.33. The number of carbonyl (C=O) groups excluding carboxylic acids is 1. The van der Waals surface area contributed by atoms with Crippen LogP contribution in [0.25, 0.3) is 5.95 Å². The van der Waals surface area contributed by atoms with Crippen LogP contribution >= 0.6 is 0 Å². The van der Waals surface area contributed by atoms with E-state index in [1.807, 2.05) is 13.2 Å². The molecule has 0 saturated carbocycles. The predicted molar refractivity (Wildman–Crippen MR) is 91.4 cm³/mol. The molecule has 4 rings (SSSR count). The second-order valence-electron chi connectivity index (χ2n) is 6.57. The zero-order valence-electron chi connectivity index (χ0n) is 14.3. The first-order chi connectivity index (χ1) is 11.6. The molecular weight excluding hydrogens is 304 g/mol. The van der Waals surface area contributed by atoms with E-state index in [0.717, 1.165) is 37.2 Å². The monoisotopic (exact) mass is 326 g/mol. The minimum absolute atomic E-state index is 0.160. The zero-order chi connectivity index (χ0) is 16.9. The van der Waals surface area contributed by atoms with Gasteiger partial charge >= 0.3 is 0 Å². The van der Waals surface area contributed by atoms with Gasteiger partial charge < -0.3 is 9.80 Å². The molecule has 24 heavy (non-hydrogen) atoms. The normalized spacial score (nSPS) is 25.8. The van der Waals surface area contributed by atoms with E-state index < -0.39 is 5.54 Å². The molecule has 1 saturated heterocycles. The molecule has 126 valence electrons. The summed E-state index contributed by atoms with van der Waals surface area (Å²) in [7, 11) is 1.83. The maximum Gasteiger partial charge on any atom is 0.252 e. The first-order valence-corrected chi connectivity index (χ1v) is 8.55. The van der Waals surface area contributed by atoms with Crippen LogP contribution in [-0.2, 0) is 4.79 Å². The lowest BCUT2D eigenvalue weighted by Crippen LogP contribution is -2.61. The van der Waals surface area contributed by atoms with Gasteiger partial charge in [-0.3, -0.25) is 9.36 Å². The molecule has 0 bridgehead atoms. The Morgan fingerprint density at radius 3 is 2.88 bits per heavy atom. The lowest BCUT2D eigenvalue weighted by molar-refractivity contribution is -0.123. The summed E-state index contributed by atoms with van der Waals surface area (Å²) in [6, 6.07) is 0.340. The Morgan fingerprint density at radius 1 is 1.38 bits per heavy atom. The van der Waals surface area contributed by atoms with Crippen LogP contribution in [0.15, 0.2) is 24.9 Å².